The van der Waals surface area contributed by atoms with Crippen LogP contribution in [0.3, 0.4) is 0 Å². The van der Waals surface area contributed by atoms with Crippen LogP contribution in [0.25, 0.3) is 77.3 Å². The third-order valence-electron chi connectivity index (χ3n) is 8.87. The van der Waals surface area contributed by atoms with E-state index in [1.807, 2.05) is 0 Å². The van der Waals surface area contributed by atoms with Crippen LogP contribution in [0.4, 0.5) is 17.1 Å². The molecule has 0 amide bonds. The monoisotopic (exact) mass is 764 g/mol. The molecule has 0 spiro atoms. The van der Waals surface area contributed by atoms with E-state index in [2.05, 4.69) is 0 Å². The number of allylic oxidation sites excluding steroid dienone is 4. The average molecular weight is 765 g/mol. The van der Waals surface area contributed by atoms with E-state index in [1.54, 1.807) is 0 Å². The third-order valence-corrected chi connectivity index (χ3v) is 8.87. The van der Waals surface area contributed by atoms with Gasteiger partial charge in [0, 0.05) is 57.5 Å². The number of nitrogens with zero attached hydrogens (tertiary/aromatic N) is 1. The first-order chi connectivity index (χ1) is 42.0. The van der Waals surface area contributed by atoms with Gasteiger partial charge in [0.2, 0.25) is 0 Å². The quantitative estimate of drug-likeness (QED) is 0.162. The van der Waals surface area contributed by atoms with Gasteiger partial charge in [0.05, 0.1) is 43.9 Å². The zero-order valence-corrected chi connectivity index (χ0v) is 28.6. The molecule has 270 valence electrons. The Balaban J connectivity index is 1.30. The van der Waals surface area contributed by atoms with E-state index in [0.717, 1.165) is 12.1 Å². The first-order valence-electron chi connectivity index (χ1n) is 33.4. The molecule has 0 saturated carbocycles. The van der Waals surface area contributed by atoms with Gasteiger partial charge in [-0.1, -0.05) is 151 Å². The van der Waals surface area contributed by atoms with Gasteiger partial charge in [-0.3, -0.25) is 0 Å². The summed E-state index contributed by atoms with van der Waals surface area (Å²) in [6.45, 7) is 0. The Morgan fingerprint density at radius 3 is 1.89 bits per heavy atom. The van der Waals surface area contributed by atoms with Crippen molar-refractivity contribution in [2.75, 3.05) is 4.90 Å². The van der Waals surface area contributed by atoms with Crippen LogP contribution >= 0.6 is 0 Å². The van der Waals surface area contributed by atoms with Gasteiger partial charge < -0.3 is 13.7 Å². The molecule has 3 heteroatoms. The first kappa shape index (κ1) is 13.7. The summed E-state index contributed by atoms with van der Waals surface area (Å²) in [5, 5.41) is -1.91. The lowest BCUT2D eigenvalue weighted by Gasteiger charge is -2.26. The minimum Gasteiger partial charge on any atom is -0.456 e. The average Bonchev–Trinajstić information content (AvgIpc) is 1.47. The van der Waals surface area contributed by atoms with Gasteiger partial charge >= 0.3 is 0 Å². The van der Waals surface area contributed by atoms with Gasteiger partial charge in [-0.05, 0) is 88.1 Å². The SMILES string of the molecule is [2H]C1=C([2H])C([2H])C(c2cc([2H])c(N(c3c([2H])c([2H])c(-c4c([2H])c([2H])c([2H])c([2H])c4[2H])c([2H])c3[2H])c3c([2H])cc4c(oc5c(-c6c([2H])c([2H])c(-c7c([2H])c([2H])c([2H])c([2H])c7[2H])c([2H])c6[2H])c6c(oc7c([2H])c([2H])c([2H])c([2H])c76)c([2H])c54)c3[2H])c([2H])c2[2H])C([2H])=C1[2H]. The standard InChI is InChI=1S/C54H37NO2/c1-4-12-36(13-5-1)39-20-22-42(23-21-39)52-53-47-18-10-11-19-49(47)56-51(53)35-48-46-33-32-45(34-50(46)57-54(48)52)55(43-28-24-40(25-29-43)37-14-6-2-7-15-37)44-30-26-41(27-31-44)38-16-8-3-9-17-38/h1-16,18-35,38H,17H2/i1D,2D,3D,4D,5D,6D,7D,8D,9D,10D,11D,12D,13D,14D,15D,16D,17D,18D,19D,20D,21D,22D,23D,24D,25D,26D,28D,29D,30D,31D,32D,34D,35D. The number of fused-ring (bicyclic) bond motifs is 6. The Morgan fingerprint density at radius 1 is 0.491 bits per heavy atom. The molecule has 2 aromatic heterocycles. The minimum atomic E-state index is -1.85. The van der Waals surface area contributed by atoms with Crippen molar-refractivity contribution in [2.45, 2.75) is 12.3 Å². The predicted molar refractivity (Wildman–Crippen MR) is 238 cm³/mol. The second kappa shape index (κ2) is 13.7. The highest BCUT2D eigenvalue weighted by Crippen LogP contribution is 2.46. The summed E-state index contributed by atoms with van der Waals surface area (Å²) < 4.78 is 308. The molecule has 0 radical (unpaired) electrons. The number of para-hydroxylation sites is 1. The Labute approximate surface area is 377 Å². The molecular weight excluding hydrogens is 695 g/mol. The second-order valence-electron chi connectivity index (χ2n) is 12.2. The molecule has 2 unspecified atom stereocenters. The van der Waals surface area contributed by atoms with Gasteiger partial charge in [0.25, 0.3) is 0 Å². The van der Waals surface area contributed by atoms with Gasteiger partial charge in [-0.15, -0.1) is 0 Å². The fourth-order valence-corrected chi connectivity index (χ4v) is 6.30. The van der Waals surface area contributed by atoms with Gasteiger partial charge in [-0.2, -0.15) is 0 Å². The zero-order valence-electron chi connectivity index (χ0n) is 61.6. The summed E-state index contributed by atoms with van der Waals surface area (Å²) in [6.07, 6.45) is -1.85. The fourth-order valence-electron chi connectivity index (χ4n) is 6.30. The number of rotatable bonds is 7. The van der Waals surface area contributed by atoms with E-state index in [-0.39, 0.29) is 0 Å². The number of anilines is 3. The molecule has 0 fully saturated rings. The van der Waals surface area contributed by atoms with E-state index >= 15 is 0 Å². The third kappa shape index (κ3) is 5.84. The lowest BCUT2D eigenvalue weighted by molar-refractivity contribution is 0.664. The Bertz CT molecular complexity index is 4960. The number of benzene rings is 8. The summed E-state index contributed by atoms with van der Waals surface area (Å²) in [5.41, 5.74) is -10.6. The van der Waals surface area contributed by atoms with Crippen molar-refractivity contribution in [2.24, 2.45) is 0 Å². The van der Waals surface area contributed by atoms with E-state index in [4.69, 9.17) is 34.9 Å². The van der Waals surface area contributed by atoms with E-state index in [0.29, 0.717) is 4.90 Å². The van der Waals surface area contributed by atoms with Crippen LogP contribution in [0.1, 0.15) is 63.1 Å². The minimum absolute atomic E-state index is 0.416. The summed E-state index contributed by atoms with van der Waals surface area (Å²) >= 11 is 0. The van der Waals surface area contributed by atoms with Gasteiger partial charge in [-0.25, -0.2) is 0 Å². The van der Waals surface area contributed by atoms with Gasteiger partial charge in [0.1, 0.15) is 22.3 Å². The Kier molecular flexibility index (Phi) is 3.30. The number of hydrogen-bond acceptors (Lipinski definition) is 3. The Hall–Kier alpha value is -7.36. The predicted octanol–water partition coefficient (Wildman–Crippen LogP) is 15.6. The topological polar surface area (TPSA) is 29.5 Å². The van der Waals surface area contributed by atoms with Crippen molar-refractivity contribution in [3.63, 3.8) is 0 Å². The normalized spacial score (nSPS) is 24.0. The van der Waals surface area contributed by atoms with Crippen molar-refractivity contribution in [3.05, 3.63) is 211 Å². The van der Waals surface area contributed by atoms with Crippen LogP contribution < -0.4 is 4.90 Å². The highest BCUT2D eigenvalue weighted by atomic mass is 16.3. The Morgan fingerprint density at radius 2 is 1.12 bits per heavy atom. The lowest BCUT2D eigenvalue weighted by atomic mass is 9.92. The van der Waals surface area contributed by atoms with E-state index in [9.17, 15) is 19.2 Å². The summed E-state index contributed by atoms with van der Waals surface area (Å²) in [4.78, 5) is 0.513. The highest BCUT2D eigenvalue weighted by Gasteiger charge is 2.23. The zero-order chi connectivity index (χ0) is 66.4. The van der Waals surface area contributed by atoms with Crippen molar-refractivity contribution in [3.8, 4) is 33.4 Å². The lowest BCUT2D eigenvalue weighted by Crippen LogP contribution is -2.10. The molecule has 10 aromatic rings. The largest absolute Gasteiger partial charge is 0.456 e. The van der Waals surface area contributed by atoms with Crippen LogP contribution in [-0.2, 0) is 0 Å². The number of hydrogen-bond donors (Lipinski definition) is 0. The molecule has 1 aliphatic rings. The molecule has 3 nitrogen and oxygen atoms in total. The molecule has 0 bridgehead atoms. The molecule has 0 aliphatic heterocycles. The maximum absolute atomic E-state index is 10.0. The van der Waals surface area contributed by atoms with Crippen molar-refractivity contribution >= 4 is 60.9 Å². The van der Waals surface area contributed by atoms with Crippen LogP contribution in [0.2, 0.25) is 0 Å². The molecule has 1 aliphatic carbocycles. The van der Waals surface area contributed by atoms with E-state index in [1.165, 1.54) is 0 Å². The van der Waals surface area contributed by atoms with Crippen LogP contribution in [0, 0.1) is 0 Å². The van der Waals surface area contributed by atoms with Crippen molar-refractivity contribution < 1.29 is 54.1 Å². The smallest absolute Gasteiger partial charge is 0.144 e. The van der Waals surface area contributed by atoms with E-state index < -0.39 is 306 Å². The van der Waals surface area contributed by atoms with Crippen LogP contribution in [0.15, 0.2) is 214 Å². The molecule has 57 heavy (non-hydrogen) atoms. The van der Waals surface area contributed by atoms with Crippen LogP contribution in [-0.4, -0.2) is 0 Å². The summed E-state index contributed by atoms with van der Waals surface area (Å²) in [7, 11) is 0. The highest BCUT2D eigenvalue weighted by molar-refractivity contribution is 6.23. The van der Waals surface area contributed by atoms with Crippen molar-refractivity contribution in [1.29, 1.82) is 0 Å². The summed E-state index contributed by atoms with van der Waals surface area (Å²) in [5.74, 6) is -1.73. The fraction of sp³-hybridized carbons (Fsp3) is 0.0370. The maximum Gasteiger partial charge on any atom is 0.144 e. The molecule has 2 atom stereocenters. The molecule has 0 N–H and O–H groups in total. The molecule has 11 rings (SSSR count). The van der Waals surface area contributed by atoms with Crippen LogP contribution in [0.5, 0.6) is 0 Å². The first-order valence-corrected chi connectivity index (χ1v) is 16.8. The summed E-state index contributed by atoms with van der Waals surface area (Å²) in [6, 6.07) is -28.2. The maximum atomic E-state index is 10.0. The second-order valence-corrected chi connectivity index (χ2v) is 12.2. The molecule has 8 aromatic carbocycles. The molecular formula is C54H37NO2. The van der Waals surface area contributed by atoms with Crippen molar-refractivity contribution in [1.82, 2.24) is 0 Å². The van der Waals surface area contributed by atoms with Gasteiger partial charge in [0.15, 0.2) is 0 Å². The molecule has 0 saturated heterocycles. The number of furan rings is 2. The molecule has 2 heterocycles.